The number of carbonyl (C=O) groups is 1. The van der Waals surface area contributed by atoms with Gasteiger partial charge in [-0.3, -0.25) is 4.79 Å². The molecule has 1 heterocycles. The summed E-state index contributed by atoms with van der Waals surface area (Å²) in [6.45, 7) is 7.45. The Bertz CT molecular complexity index is 695. The first kappa shape index (κ1) is 17.9. The number of hydrogen-bond acceptors (Lipinski definition) is 5. The third kappa shape index (κ3) is 4.76. The number of methoxy groups -OCH3 is 1. The van der Waals surface area contributed by atoms with Crippen LogP contribution in [0.4, 0.5) is 11.6 Å². The van der Waals surface area contributed by atoms with Crippen molar-refractivity contribution in [1.29, 1.82) is 0 Å². The molecular formula is C18H24N4O2. The van der Waals surface area contributed by atoms with E-state index in [1.807, 2.05) is 24.3 Å². The predicted molar refractivity (Wildman–Crippen MR) is 95.5 cm³/mol. The fourth-order valence-corrected chi connectivity index (χ4v) is 2.27. The molecule has 1 aromatic carbocycles. The first-order valence-electron chi connectivity index (χ1n) is 7.88. The molecule has 0 bridgehead atoms. The Morgan fingerprint density at radius 1 is 1.21 bits per heavy atom. The van der Waals surface area contributed by atoms with Crippen molar-refractivity contribution in [1.82, 2.24) is 9.97 Å². The highest BCUT2D eigenvalue weighted by Crippen LogP contribution is 2.29. The number of hydrogen-bond donors (Lipinski definition) is 2. The summed E-state index contributed by atoms with van der Waals surface area (Å²) < 4.78 is 4.97. The van der Waals surface area contributed by atoms with Gasteiger partial charge in [0.05, 0.1) is 6.61 Å². The molecule has 0 saturated heterocycles. The number of nitrogens with one attached hydrogen (secondary N) is 2. The maximum atomic E-state index is 12.5. The van der Waals surface area contributed by atoms with Crippen molar-refractivity contribution in [3.8, 4) is 0 Å². The minimum absolute atomic E-state index is 0.0670. The summed E-state index contributed by atoms with van der Waals surface area (Å²) in [5.41, 5.74) is 2.12. The minimum Gasteiger partial charge on any atom is -0.383 e. The van der Waals surface area contributed by atoms with Gasteiger partial charge in [-0.15, -0.1) is 0 Å². The molecule has 0 aliphatic carbocycles. The molecule has 0 aliphatic heterocycles. The van der Waals surface area contributed by atoms with Gasteiger partial charge in [-0.05, 0) is 23.1 Å². The van der Waals surface area contributed by atoms with E-state index in [1.165, 1.54) is 0 Å². The van der Waals surface area contributed by atoms with Crippen molar-refractivity contribution < 1.29 is 9.53 Å². The van der Waals surface area contributed by atoms with Crippen molar-refractivity contribution >= 4 is 17.5 Å². The summed E-state index contributed by atoms with van der Waals surface area (Å²) in [5.74, 6) is 0.146. The van der Waals surface area contributed by atoms with Crippen LogP contribution < -0.4 is 10.6 Å². The minimum atomic E-state index is -0.260. The van der Waals surface area contributed by atoms with E-state index in [1.54, 1.807) is 19.4 Å². The zero-order chi connectivity index (χ0) is 17.6. The summed E-state index contributed by atoms with van der Waals surface area (Å²) in [4.78, 5) is 20.9. The normalized spacial score (nSPS) is 11.2. The standard InChI is InChI=1S/C18H24N4O2/c1-18(2,3)13-7-5-6-8-14(13)21-16(23)15-9-10-19-17(22-15)20-11-12-24-4/h5-10H,11-12H2,1-4H3,(H,21,23)(H,19,20,22). The molecule has 0 spiro atoms. The van der Waals surface area contributed by atoms with Gasteiger partial charge in [0.2, 0.25) is 5.95 Å². The van der Waals surface area contributed by atoms with Gasteiger partial charge in [-0.25, -0.2) is 9.97 Å². The second kappa shape index (κ2) is 7.88. The van der Waals surface area contributed by atoms with E-state index in [-0.39, 0.29) is 11.3 Å². The van der Waals surface area contributed by atoms with Gasteiger partial charge in [0.25, 0.3) is 5.91 Å². The van der Waals surface area contributed by atoms with Gasteiger partial charge in [-0.1, -0.05) is 39.0 Å². The largest absolute Gasteiger partial charge is 0.383 e. The first-order chi connectivity index (χ1) is 11.4. The van der Waals surface area contributed by atoms with E-state index in [4.69, 9.17) is 4.74 Å². The van der Waals surface area contributed by atoms with Gasteiger partial charge in [-0.2, -0.15) is 0 Å². The summed E-state index contributed by atoms with van der Waals surface area (Å²) in [5, 5.41) is 5.96. The summed E-state index contributed by atoms with van der Waals surface area (Å²) >= 11 is 0. The lowest BCUT2D eigenvalue weighted by atomic mass is 9.86. The van der Waals surface area contributed by atoms with Crippen LogP contribution >= 0.6 is 0 Å². The topological polar surface area (TPSA) is 76.1 Å². The highest BCUT2D eigenvalue weighted by Gasteiger charge is 2.19. The SMILES string of the molecule is COCCNc1nccc(C(=O)Nc2ccccc2C(C)(C)C)n1. The Balaban J connectivity index is 2.15. The molecule has 0 aliphatic rings. The van der Waals surface area contributed by atoms with Gasteiger partial charge in [0.1, 0.15) is 5.69 Å². The fourth-order valence-electron chi connectivity index (χ4n) is 2.27. The summed E-state index contributed by atoms with van der Waals surface area (Å²) in [7, 11) is 1.62. The maximum absolute atomic E-state index is 12.5. The van der Waals surface area contributed by atoms with Crippen LogP contribution in [-0.4, -0.2) is 36.1 Å². The quantitative estimate of drug-likeness (QED) is 0.797. The molecule has 2 rings (SSSR count). The van der Waals surface area contributed by atoms with Crippen molar-refractivity contribution in [2.75, 3.05) is 30.9 Å². The molecule has 2 N–H and O–H groups in total. The molecule has 24 heavy (non-hydrogen) atoms. The molecule has 6 nitrogen and oxygen atoms in total. The molecule has 128 valence electrons. The molecular weight excluding hydrogens is 304 g/mol. The monoisotopic (exact) mass is 328 g/mol. The summed E-state index contributed by atoms with van der Waals surface area (Å²) in [6, 6.07) is 9.39. The maximum Gasteiger partial charge on any atom is 0.274 e. The van der Waals surface area contributed by atoms with E-state index in [0.717, 1.165) is 11.3 Å². The third-order valence-electron chi connectivity index (χ3n) is 3.46. The number of amides is 1. The van der Waals surface area contributed by atoms with E-state index in [9.17, 15) is 4.79 Å². The van der Waals surface area contributed by atoms with Crippen LogP contribution in [0, 0.1) is 0 Å². The van der Waals surface area contributed by atoms with Gasteiger partial charge >= 0.3 is 0 Å². The molecule has 0 radical (unpaired) electrons. The van der Waals surface area contributed by atoms with Crippen LogP contribution in [0.5, 0.6) is 0 Å². The lowest BCUT2D eigenvalue weighted by molar-refractivity contribution is 0.102. The van der Waals surface area contributed by atoms with Gasteiger partial charge in [0.15, 0.2) is 0 Å². The van der Waals surface area contributed by atoms with Crippen molar-refractivity contribution in [2.24, 2.45) is 0 Å². The second-order valence-electron chi connectivity index (χ2n) is 6.43. The lowest BCUT2D eigenvalue weighted by Crippen LogP contribution is -2.20. The number of anilines is 2. The summed E-state index contributed by atoms with van der Waals surface area (Å²) in [6.07, 6.45) is 1.56. The van der Waals surface area contributed by atoms with Crippen LogP contribution in [0.25, 0.3) is 0 Å². The molecule has 1 amide bonds. The van der Waals surface area contributed by atoms with Crippen LogP contribution in [-0.2, 0) is 10.2 Å². The van der Waals surface area contributed by atoms with Crippen molar-refractivity contribution in [3.05, 3.63) is 47.8 Å². The number of aromatic nitrogens is 2. The van der Waals surface area contributed by atoms with Crippen LogP contribution in [0.1, 0.15) is 36.8 Å². The lowest BCUT2D eigenvalue weighted by Gasteiger charge is -2.22. The fraction of sp³-hybridized carbons (Fsp3) is 0.389. The van der Waals surface area contributed by atoms with Crippen LogP contribution in [0.3, 0.4) is 0 Å². The molecule has 6 heteroatoms. The Hall–Kier alpha value is -2.47. The molecule has 1 aromatic heterocycles. The number of carbonyl (C=O) groups excluding carboxylic acids is 1. The highest BCUT2D eigenvalue weighted by molar-refractivity contribution is 6.03. The van der Waals surface area contributed by atoms with Crippen LogP contribution in [0.15, 0.2) is 36.5 Å². The zero-order valence-electron chi connectivity index (χ0n) is 14.6. The Morgan fingerprint density at radius 3 is 2.67 bits per heavy atom. The van der Waals surface area contributed by atoms with E-state index < -0.39 is 0 Å². The smallest absolute Gasteiger partial charge is 0.274 e. The molecule has 0 atom stereocenters. The zero-order valence-corrected chi connectivity index (χ0v) is 14.6. The molecule has 2 aromatic rings. The number of para-hydroxylation sites is 1. The van der Waals surface area contributed by atoms with E-state index >= 15 is 0 Å². The van der Waals surface area contributed by atoms with E-state index in [0.29, 0.717) is 24.8 Å². The van der Waals surface area contributed by atoms with Crippen molar-refractivity contribution in [3.63, 3.8) is 0 Å². The average Bonchev–Trinajstić information content (AvgIpc) is 2.55. The number of nitrogens with zero attached hydrogens (tertiary/aromatic N) is 2. The Kier molecular flexibility index (Phi) is 5.87. The molecule has 0 unspecified atom stereocenters. The van der Waals surface area contributed by atoms with Crippen LogP contribution in [0.2, 0.25) is 0 Å². The Morgan fingerprint density at radius 2 is 1.96 bits per heavy atom. The highest BCUT2D eigenvalue weighted by atomic mass is 16.5. The Labute approximate surface area is 142 Å². The van der Waals surface area contributed by atoms with Crippen molar-refractivity contribution in [2.45, 2.75) is 26.2 Å². The van der Waals surface area contributed by atoms with Gasteiger partial charge < -0.3 is 15.4 Å². The van der Waals surface area contributed by atoms with Gasteiger partial charge in [0, 0.05) is 25.5 Å². The second-order valence-corrected chi connectivity index (χ2v) is 6.43. The number of rotatable bonds is 6. The number of ether oxygens (including phenoxy) is 1. The third-order valence-corrected chi connectivity index (χ3v) is 3.46. The molecule has 0 fully saturated rings. The first-order valence-corrected chi connectivity index (χ1v) is 7.88. The van der Waals surface area contributed by atoms with E-state index in [2.05, 4.69) is 41.4 Å². The molecule has 0 saturated carbocycles. The predicted octanol–water partition coefficient (Wildman–Crippen LogP) is 3.08. The average molecular weight is 328 g/mol. The number of benzene rings is 1.